The van der Waals surface area contributed by atoms with E-state index in [0.29, 0.717) is 5.92 Å². The van der Waals surface area contributed by atoms with Crippen LogP contribution in [-0.4, -0.2) is 61.3 Å². The quantitative estimate of drug-likeness (QED) is 0.223. The largest absolute Gasteiger partial charge is 0.393 e. The van der Waals surface area contributed by atoms with Crippen molar-refractivity contribution in [2.45, 2.75) is 59.0 Å². The van der Waals surface area contributed by atoms with Crippen molar-refractivity contribution in [3.63, 3.8) is 0 Å². The minimum absolute atomic E-state index is 0. The number of aliphatic hydroxyl groups excluding tert-OH is 1. The Morgan fingerprint density at radius 3 is 2.39 bits per heavy atom. The Morgan fingerprint density at radius 1 is 1.17 bits per heavy atom. The number of halogens is 1. The Balaban J connectivity index is 0.00000484. The summed E-state index contributed by atoms with van der Waals surface area (Å²) in [7, 11) is 0. The molecule has 0 aromatic rings. The van der Waals surface area contributed by atoms with Crippen LogP contribution in [0.3, 0.4) is 0 Å². The van der Waals surface area contributed by atoms with Crippen molar-refractivity contribution < 1.29 is 5.11 Å². The molecular formula is C17H37IN4O. The highest BCUT2D eigenvalue weighted by molar-refractivity contribution is 14.0. The van der Waals surface area contributed by atoms with Crippen molar-refractivity contribution in [1.82, 2.24) is 15.5 Å². The van der Waals surface area contributed by atoms with Crippen molar-refractivity contribution in [3.05, 3.63) is 0 Å². The van der Waals surface area contributed by atoms with Gasteiger partial charge in [-0.05, 0) is 38.6 Å². The van der Waals surface area contributed by atoms with Crippen LogP contribution in [-0.2, 0) is 0 Å². The molecular weight excluding hydrogens is 403 g/mol. The summed E-state index contributed by atoms with van der Waals surface area (Å²) in [5, 5.41) is 16.3. The molecule has 0 saturated carbocycles. The van der Waals surface area contributed by atoms with Gasteiger partial charge >= 0.3 is 0 Å². The highest BCUT2D eigenvalue weighted by atomic mass is 127. The molecule has 0 radical (unpaired) electrons. The third kappa shape index (κ3) is 10.4. The summed E-state index contributed by atoms with van der Waals surface area (Å²) in [6.45, 7) is 12.5. The molecule has 0 spiro atoms. The minimum Gasteiger partial charge on any atom is -0.393 e. The molecule has 0 unspecified atom stereocenters. The first-order chi connectivity index (χ1) is 10.7. The van der Waals surface area contributed by atoms with E-state index in [0.717, 1.165) is 64.5 Å². The van der Waals surface area contributed by atoms with Crippen molar-refractivity contribution in [3.8, 4) is 0 Å². The summed E-state index contributed by atoms with van der Waals surface area (Å²) in [5.41, 5.74) is 0. The number of piperidine rings is 1. The maximum Gasteiger partial charge on any atom is 0.191 e. The lowest BCUT2D eigenvalue weighted by atomic mass is 10.0. The van der Waals surface area contributed by atoms with Gasteiger partial charge in [0.15, 0.2) is 5.96 Å². The van der Waals surface area contributed by atoms with E-state index >= 15 is 0 Å². The molecule has 23 heavy (non-hydrogen) atoms. The van der Waals surface area contributed by atoms with Crippen LogP contribution in [0.5, 0.6) is 0 Å². The molecule has 0 amide bonds. The van der Waals surface area contributed by atoms with E-state index in [1.165, 1.54) is 12.8 Å². The third-order valence-electron chi connectivity index (χ3n) is 4.51. The van der Waals surface area contributed by atoms with Crippen LogP contribution in [0.1, 0.15) is 52.9 Å². The first-order valence-electron chi connectivity index (χ1n) is 9.12. The van der Waals surface area contributed by atoms with Gasteiger partial charge in [0.2, 0.25) is 0 Å². The molecule has 5 nitrogen and oxygen atoms in total. The lowest BCUT2D eigenvalue weighted by Crippen LogP contribution is -2.40. The maximum absolute atomic E-state index is 9.51. The van der Waals surface area contributed by atoms with Crippen LogP contribution in [0.2, 0.25) is 0 Å². The number of nitrogens with zero attached hydrogens (tertiary/aromatic N) is 2. The predicted octanol–water partition coefficient (Wildman–Crippen LogP) is 2.44. The molecule has 1 heterocycles. The molecule has 6 heteroatoms. The van der Waals surface area contributed by atoms with E-state index in [1.54, 1.807) is 0 Å². The number of hydrogen-bond donors (Lipinski definition) is 3. The zero-order valence-corrected chi connectivity index (χ0v) is 17.5. The number of aliphatic hydroxyl groups is 1. The topological polar surface area (TPSA) is 59.9 Å². The van der Waals surface area contributed by atoms with Crippen molar-refractivity contribution in [1.29, 1.82) is 0 Å². The number of guanidine groups is 1. The van der Waals surface area contributed by atoms with E-state index in [4.69, 9.17) is 4.99 Å². The number of likely N-dealkylation sites (tertiary alicyclic amines) is 1. The molecule has 1 saturated heterocycles. The molecule has 0 aromatic heterocycles. The maximum atomic E-state index is 9.51. The van der Waals surface area contributed by atoms with E-state index in [2.05, 4.69) is 36.3 Å². The summed E-state index contributed by atoms with van der Waals surface area (Å²) in [6.07, 6.45) is 5.28. The fourth-order valence-electron chi connectivity index (χ4n) is 2.76. The van der Waals surface area contributed by atoms with Crippen LogP contribution >= 0.6 is 24.0 Å². The first-order valence-corrected chi connectivity index (χ1v) is 9.12. The average Bonchev–Trinajstić information content (AvgIpc) is 2.54. The van der Waals surface area contributed by atoms with Gasteiger partial charge in [0.05, 0.1) is 6.10 Å². The lowest BCUT2D eigenvalue weighted by molar-refractivity contribution is 0.0823. The minimum atomic E-state index is -0.0769. The SMILES string of the molecule is CCNC(=NCC(CC)CC)NCCCN1CCC(O)CC1.I. The standard InChI is InChI=1S/C17H36N4O.HI/c1-4-15(5-2)14-20-17(18-6-3)19-10-7-11-21-12-8-16(22)9-13-21;/h15-16,22H,4-14H2,1-3H3,(H2,18,19,20);1H. The molecule has 3 N–H and O–H groups in total. The van der Waals surface area contributed by atoms with Gasteiger partial charge in [-0.3, -0.25) is 4.99 Å². The van der Waals surface area contributed by atoms with Crippen LogP contribution < -0.4 is 10.6 Å². The summed E-state index contributed by atoms with van der Waals surface area (Å²) in [5.74, 6) is 1.64. The summed E-state index contributed by atoms with van der Waals surface area (Å²) < 4.78 is 0. The van der Waals surface area contributed by atoms with E-state index in [1.807, 2.05) is 0 Å². The monoisotopic (exact) mass is 440 g/mol. The summed E-state index contributed by atoms with van der Waals surface area (Å²) >= 11 is 0. The predicted molar refractivity (Wildman–Crippen MR) is 110 cm³/mol. The molecule has 1 aliphatic heterocycles. The van der Waals surface area contributed by atoms with Gasteiger partial charge < -0.3 is 20.6 Å². The Labute approximate surface area is 159 Å². The van der Waals surface area contributed by atoms with Gasteiger partial charge in [-0.1, -0.05) is 26.7 Å². The van der Waals surface area contributed by atoms with Gasteiger partial charge in [0.25, 0.3) is 0 Å². The summed E-state index contributed by atoms with van der Waals surface area (Å²) in [4.78, 5) is 7.14. The van der Waals surface area contributed by atoms with Crippen LogP contribution in [0.25, 0.3) is 0 Å². The smallest absolute Gasteiger partial charge is 0.191 e. The molecule has 1 aliphatic rings. The number of hydrogen-bond acceptors (Lipinski definition) is 3. The van der Waals surface area contributed by atoms with Crippen LogP contribution in [0.15, 0.2) is 4.99 Å². The second-order valence-electron chi connectivity index (χ2n) is 6.26. The van der Waals surface area contributed by atoms with Crippen molar-refractivity contribution >= 4 is 29.9 Å². The van der Waals surface area contributed by atoms with Gasteiger partial charge in [0.1, 0.15) is 0 Å². The van der Waals surface area contributed by atoms with Gasteiger partial charge in [-0.15, -0.1) is 24.0 Å². The fraction of sp³-hybridized carbons (Fsp3) is 0.941. The summed E-state index contributed by atoms with van der Waals surface area (Å²) in [6, 6.07) is 0. The van der Waals surface area contributed by atoms with Crippen LogP contribution in [0.4, 0.5) is 0 Å². The molecule has 0 aliphatic carbocycles. The fourth-order valence-corrected chi connectivity index (χ4v) is 2.76. The molecule has 1 rings (SSSR count). The highest BCUT2D eigenvalue weighted by Gasteiger charge is 2.15. The second-order valence-corrected chi connectivity index (χ2v) is 6.26. The highest BCUT2D eigenvalue weighted by Crippen LogP contribution is 2.09. The molecule has 0 aromatic carbocycles. The Morgan fingerprint density at radius 2 is 1.83 bits per heavy atom. The number of aliphatic imine (C=N–C) groups is 1. The lowest BCUT2D eigenvalue weighted by Gasteiger charge is -2.29. The second kappa shape index (κ2) is 14.3. The normalized spacial score (nSPS) is 17.2. The molecule has 1 fully saturated rings. The zero-order chi connectivity index (χ0) is 16.2. The molecule has 138 valence electrons. The van der Waals surface area contributed by atoms with E-state index in [9.17, 15) is 5.11 Å². The zero-order valence-electron chi connectivity index (χ0n) is 15.2. The average molecular weight is 440 g/mol. The van der Waals surface area contributed by atoms with E-state index in [-0.39, 0.29) is 30.1 Å². The van der Waals surface area contributed by atoms with Gasteiger partial charge in [-0.25, -0.2) is 0 Å². The third-order valence-corrected chi connectivity index (χ3v) is 4.51. The Kier molecular flexibility index (Phi) is 14.2. The van der Waals surface area contributed by atoms with Crippen molar-refractivity contribution in [2.24, 2.45) is 10.9 Å². The number of nitrogens with one attached hydrogen (secondary N) is 2. The Bertz CT molecular complexity index is 303. The van der Waals surface area contributed by atoms with E-state index < -0.39 is 0 Å². The van der Waals surface area contributed by atoms with Gasteiger partial charge in [0, 0.05) is 32.7 Å². The van der Waals surface area contributed by atoms with Gasteiger partial charge in [-0.2, -0.15) is 0 Å². The number of rotatable bonds is 9. The van der Waals surface area contributed by atoms with Crippen LogP contribution in [0, 0.1) is 5.92 Å². The molecule has 0 bridgehead atoms. The van der Waals surface area contributed by atoms with Crippen molar-refractivity contribution in [2.75, 3.05) is 39.3 Å². The Hall–Kier alpha value is -0.0800. The first kappa shape index (κ1) is 22.9. The molecule has 0 atom stereocenters.